The third-order valence-corrected chi connectivity index (χ3v) is 7.34. The van der Waals surface area contributed by atoms with Gasteiger partial charge in [-0.3, -0.25) is 0 Å². The smallest absolute Gasteiger partial charge is 0.0215 e. The first-order valence-electron chi connectivity index (χ1n) is 15.4. The van der Waals surface area contributed by atoms with E-state index in [9.17, 15) is 0 Å². The molecule has 2 aromatic carbocycles. The molecule has 0 fully saturated rings. The van der Waals surface area contributed by atoms with Gasteiger partial charge in [-0.1, -0.05) is 173 Å². The third-order valence-electron chi connectivity index (χ3n) is 7.34. The largest absolute Gasteiger partial charge is 0.0683 e. The molecule has 0 heteroatoms. The van der Waals surface area contributed by atoms with E-state index in [1.54, 1.807) is 11.1 Å². The molecule has 0 spiro atoms. The second-order valence-electron chi connectivity index (χ2n) is 10.4. The fraction of sp³-hybridized carbons (Fsp3) is 0.657. The fourth-order valence-electron chi connectivity index (χ4n) is 5.65. The van der Waals surface area contributed by atoms with Crippen LogP contribution in [-0.2, 0) is 5.41 Å². The van der Waals surface area contributed by atoms with Crippen molar-refractivity contribution in [3.63, 3.8) is 0 Å². The van der Waals surface area contributed by atoms with Crippen LogP contribution in [0.4, 0.5) is 0 Å². The molecule has 0 heterocycles. The maximum Gasteiger partial charge on any atom is 0.0215 e. The first kappa shape index (κ1) is 31.5. The van der Waals surface area contributed by atoms with E-state index < -0.39 is 0 Å². The second-order valence-corrected chi connectivity index (χ2v) is 10.4. The van der Waals surface area contributed by atoms with Crippen LogP contribution < -0.4 is 0 Å². The van der Waals surface area contributed by atoms with E-state index in [0.717, 1.165) is 0 Å². The van der Waals surface area contributed by atoms with Gasteiger partial charge in [-0.2, -0.15) is 0 Å². The molecular weight excluding hydrogens is 420 g/mol. The quantitative estimate of drug-likeness (QED) is 0.237. The molecule has 0 aliphatic heterocycles. The molecular formula is C35H58. The Labute approximate surface area is 220 Å². The van der Waals surface area contributed by atoms with Gasteiger partial charge in [0.05, 0.1) is 0 Å². The van der Waals surface area contributed by atoms with Crippen LogP contribution in [0.1, 0.15) is 155 Å². The topological polar surface area (TPSA) is 0 Å². The number of rotatable bonds is 14. The van der Waals surface area contributed by atoms with Crippen LogP contribution in [0.5, 0.6) is 0 Å². The second kappa shape index (κ2) is 18.7. The minimum atomic E-state index is 0.244. The monoisotopic (exact) mass is 478 g/mol. The normalized spacial score (nSPS) is 12.7. The van der Waals surface area contributed by atoms with E-state index in [4.69, 9.17) is 0 Å². The van der Waals surface area contributed by atoms with E-state index in [2.05, 4.69) is 77.1 Å². The van der Waals surface area contributed by atoms with Gasteiger partial charge in [-0.25, -0.2) is 0 Å². The Morgan fingerprint density at radius 3 is 1.54 bits per heavy atom. The van der Waals surface area contributed by atoms with Crippen LogP contribution in [0.15, 0.2) is 42.5 Å². The van der Waals surface area contributed by atoms with Gasteiger partial charge < -0.3 is 0 Å². The van der Waals surface area contributed by atoms with Crippen LogP contribution in [0.2, 0.25) is 0 Å². The number of hydrogen-bond acceptors (Lipinski definition) is 0. The van der Waals surface area contributed by atoms with Crippen LogP contribution in [0.25, 0.3) is 11.1 Å². The Bertz CT molecular complexity index is 768. The van der Waals surface area contributed by atoms with Crippen molar-refractivity contribution in [2.75, 3.05) is 0 Å². The molecule has 2 aromatic rings. The highest BCUT2D eigenvalue weighted by molar-refractivity contribution is 5.81. The van der Waals surface area contributed by atoms with Crippen LogP contribution in [0, 0.1) is 6.92 Å². The molecule has 0 saturated carbocycles. The number of unbranched alkanes of at least 4 members (excludes halogenated alkanes) is 10. The summed E-state index contributed by atoms with van der Waals surface area (Å²) in [4.78, 5) is 0. The van der Waals surface area contributed by atoms with E-state index in [0.29, 0.717) is 0 Å². The SMILES string of the molecule is CC.CCC.CCCCCCCCC1(CCCCCCCC)c2ccccc2-c2ccc(C)cc21. The van der Waals surface area contributed by atoms with E-state index in [-0.39, 0.29) is 5.41 Å². The number of aryl methyl sites for hydroxylation is 1. The lowest BCUT2D eigenvalue weighted by atomic mass is 9.70. The van der Waals surface area contributed by atoms with Crippen molar-refractivity contribution in [1.29, 1.82) is 0 Å². The number of hydrogen-bond donors (Lipinski definition) is 0. The van der Waals surface area contributed by atoms with Gasteiger partial charge >= 0.3 is 0 Å². The molecule has 0 amide bonds. The van der Waals surface area contributed by atoms with Gasteiger partial charge in [0, 0.05) is 5.41 Å². The molecule has 198 valence electrons. The minimum Gasteiger partial charge on any atom is -0.0683 e. The first-order valence-corrected chi connectivity index (χ1v) is 15.4. The highest BCUT2D eigenvalue weighted by Crippen LogP contribution is 2.54. The zero-order valence-electron chi connectivity index (χ0n) is 24.6. The van der Waals surface area contributed by atoms with Crippen LogP contribution in [0.3, 0.4) is 0 Å². The molecule has 3 rings (SSSR count). The highest BCUT2D eigenvalue weighted by atomic mass is 14.4. The van der Waals surface area contributed by atoms with Crippen molar-refractivity contribution >= 4 is 0 Å². The van der Waals surface area contributed by atoms with Crippen molar-refractivity contribution in [3.05, 3.63) is 59.2 Å². The average Bonchev–Trinajstić information content (AvgIpc) is 3.14. The van der Waals surface area contributed by atoms with E-state index in [1.165, 1.54) is 113 Å². The maximum absolute atomic E-state index is 2.52. The van der Waals surface area contributed by atoms with Crippen molar-refractivity contribution in [2.24, 2.45) is 0 Å². The summed E-state index contributed by atoms with van der Waals surface area (Å²) >= 11 is 0. The van der Waals surface area contributed by atoms with Gasteiger partial charge in [-0.05, 0) is 42.0 Å². The molecule has 1 aliphatic rings. The lowest BCUT2D eigenvalue weighted by Crippen LogP contribution is -2.25. The summed E-state index contributed by atoms with van der Waals surface area (Å²) in [5.74, 6) is 0. The molecule has 0 radical (unpaired) electrons. The molecule has 0 unspecified atom stereocenters. The van der Waals surface area contributed by atoms with Gasteiger partial charge in [0.15, 0.2) is 0 Å². The lowest BCUT2D eigenvalue weighted by Gasteiger charge is -2.33. The molecule has 0 N–H and O–H groups in total. The molecule has 1 aliphatic carbocycles. The summed E-state index contributed by atoms with van der Waals surface area (Å²) in [6.45, 7) is 15.1. The predicted octanol–water partition coefficient (Wildman–Crippen LogP) is 12.2. The summed E-state index contributed by atoms with van der Waals surface area (Å²) in [7, 11) is 0. The zero-order chi connectivity index (χ0) is 25.9. The molecule has 0 nitrogen and oxygen atoms in total. The summed E-state index contributed by atoms with van der Waals surface area (Å²) < 4.78 is 0. The van der Waals surface area contributed by atoms with Crippen LogP contribution in [-0.4, -0.2) is 0 Å². The van der Waals surface area contributed by atoms with Crippen molar-refractivity contribution in [2.45, 2.75) is 150 Å². The Morgan fingerprint density at radius 2 is 1.00 bits per heavy atom. The number of fused-ring (bicyclic) bond motifs is 3. The Hall–Kier alpha value is -1.56. The predicted molar refractivity (Wildman–Crippen MR) is 161 cm³/mol. The Morgan fingerprint density at radius 1 is 0.543 bits per heavy atom. The average molecular weight is 479 g/mol. The van der Waals surface area contributed by atoms with Gasteiger partial charge in [0.2, 0.25) is 0 Å². The summed E-state index contributed by atoms with van der Waals surface area (Å²) in [6, 6.07) is 16.5. The van der Waals surface area contributed by atoms with Crippen molar-refractivity contribution in [3.8, 4) is 11.1 Å². The molecule has 0 aromatic heterocycles. The summed E-state index contributed by atoms with van der Waals surface area (Å²) in [6.07, 6.45) is 20.5. The minimum absolute atomic E-state index is 0.244. The maximum atomic E-state index is 2.52. The standard InChI is InChI=1S/C30H44.C3H8.C2H6/c1-4-6-8-10-12-16-22-30(23-17-13-11-9-7-5-2)28-19-15-14-18-26(28)27-21-20-25(3)24-29(27)30;1-3-2;1-2/h14-15,18-21,24H,4-13,16-17,22-23H2,1-3H3;3H2,1-2H3;1-2H3. The summed E-state index contributed by atoms with van der Waals surface area (Å²) in [5.41, 5.74) is 7.92. The third kappa shape index (κ3) is 9.44. The zero-order valence-corrected chi connectivity index (χ0v) is 24.6. The highest BCUT2D eigenvalue weighted by Gasteiger charge is 2.41. The van der Waals surface area contributed by atoms with Crippen molar-refractivity contribution in [1.82, 2.24) is 0 Å². The first-order chi connectivity index (χ1) is 17.1. The van der Waals surface area contributed by atoms with E-state index in [1.807, 2.05) is 13.8 Å². The van der Waals surface area contributed by atoms with Gasteiger partial charge in [0.25, 0.3) is 0 Å². The number of benzene rings is 2. The lowest BCUT2D eigenvalue weighted by molar-refractivity contribution is 0.397. The van der Waals surface area contributed by atoms with Crippen molar-refractivity contribution < 1.29 is 0 Å². The molecule has 35 heavy (non-hydrogen) atoms. The Kier molecular flexibility index (Phi) is 16.8. The molecule has 0 saturated heterocycles. The van der Waals surface area contributed by atoms with Gasteiger partial charge in [-0.15, -0.1) is 0 Å². The molecule has 0 atom stereocenters. The van der Waals surface area contributed by atoms with E-state index >= 15 is 0 Å². The molecule has 0 bridgehead atoms. The summed E-state index contributed by atoms with van der Waals surface area (Å²) in [5, 5.41) is 0. The Balaban J connectivity index is 0.00000114. The fourth-order valence-corrected chi connectivity index (χ4v) is 5.65. The van der Waals surface area contributed by atoms with Gasteiger partial charge in [0.1, 0.15) is 0 Å². The van der Waals surface area contributed by atoms with Crippen LogP contribution >= 0.6 is 0 Å².